The average molecular weight is 447 g/mol. The standard InChI is InChI=1S/C21H17Cl2FN4O2/c22-15-5-3-4-13(20(15)23)12-28-18(8-9-25-28)26-21(30)14-10-19(29)27(11-14)17-7-2-1-6-16(17)24/h1-9,14H,10-12H2,(H,26,30). The third kappa shape index (κ3) is 4.04. The average Bonchev–Trinajstić information content (AvgIpc) is 3.32. The fourth-order valence-electron chi connectivity index (χ4n) is 3.41. The van der Waals surface area contributed by atoms with Crippen molar-refractivity contribution < 1.29 is 14.0 Å². The largest absolute Gasteiger partial charge is 0.311 e. The smallest absolute Gasteiger partial charge is 0.230 e. The quantitative estimate of drug-likeness (QED) is 0.632. The van der Waals surface area contributed by atoms with Crippen LogP contribution in [0.1, 0.15) is 12.0 Å². The van der Waals surface area contributed by atoms with Gasteiger partial charge in [0.15, 0.2) is 0 Å². The minimum atomic E-state index is -0.602. The molecule has 0 saturated carbocycles. The summed E-state index contributed by atoms with van der Waals surface area (Å²) in [5, 5.41) is 7.89. The van der Waals surface area contributed by atoms with Crippen LogP contribution in [0.15, 0.2) is 54.7 Å². The topological polar surface area (TPSA) is 67.2 Å². The molecule has 2 aromatic carbocycles. The highest BCUT2D eigenvalue weighted by Gasteiger charge is 2.36. The number of hydrogen-bond donors (Lipinski definition) is 1. The zero-order valence-electron chi connectivity index (χ0n) is 15.7. The Kier molecular flexibility index (Phi) is 5.74. The fraction of sp³-hybridized carbons (Fsp3) is 0.190. The van der Waals surface area contributed by atoms with E-state index in [9.17, 15) is 14.0 Å². The van der Waals surface area contributed by atoms with Crippen molar-refractivity contribution >= 4 is 46.5 Å². The zero-order chi connectivity index (χ0) is 21.3. The molecule has 0 aliphatic carbocycles. The Morgan fingerprint density at radius 1 is 1.17 bits per heavy atom. The summed E-state index contributed by atoms with van der Waals surface area (Å²) >= 11 is 12.3. The molecule has 2 amide bonds. The van der Waals surface area contributed by atoms with E-state index < -0.39 is 11.7 Å². The number of para-hydroxylation sites is 1. The second-order valence-electron chi connectivity index (χ2n) is 6.93. The van der Waals surface area contributed by atoms with Crippen molar-refractivity contribution in [2.45, 2.75) is 13.0 Å². The van der Waals surface area contributed by atoms with E-state index in [1.807, 2.05) is 6.07 Å². The molecular formula is C21H17Cl2FN4O2. The van der Waals surface area contributed by atoms with E-state index in [0.717, 1.165) is 5.56 Å². The van der Waals surface area contributed by atoms with Gasteiger partial charge in [-0.25, -0.2) is 9.07 Å². The molecule has 6 nitrogen and oxygen atoms in total. The summed E-state index contributed by atoms with van der Waals surface area (Å²) in [6, 6.07) is 13.0. The summed E-state index contributed by atoms with van der Waals surface area (Å²) in [5.41, 5.74) is 0.934. The van der Waals surface area contributed by atoms with Gasteiger partial charge in [0.25, 0.3) is 0 Å². The number of aromatic nitrogens is 2. The predicted molar refractivity (Wildman–Crippen MR) is 113 cm³/mol. The van der Waals surface area contributed by atoms with Crippen LogP contribution in [0.4, 0.5) is 15.9 Å². The number of rotatable bonds is 5. The predicted octanol–water partition coefficient (Wildman–Crippen LogP) is 4.37. The van der Waals surface area contributed by atoms with Gasteiger partial charge in [-0.2, -0.15) is 5.10 Å². The fourth-order valence-corrected chi connectivity index (χ4v) is 3.79. The number of anilines is 2. The Balaban J connectivity index is 1.47. The maximum absolute atomic E-state index is 14.0. The Morgan fingerprint density at radius 3 is 2.77 bits per heavy atom. The summed E-state index contributed by atoms with van der Waals surface area (Å²) in [4.78, 5) is 26.4. The highest BCUT2D eigenvalue weighted by Crippen LogP contribution is 2.29. The lowest BCUT2D eigenvalue weighted by Gasteiger charge is -2.17. The monoisotopic (exact) mass is 446 g/mol. The number of halogens is 3. The Hall–Kier alpha value is -2.90. The summed E-state index contributed by atoms with van der Waals surface area (Å²) in [6.07, 6.45) is 1.56. The number of nitrogens with zero attached hydrogens (tertiary/aromatic N) is 3. The van der Waals surface area contributed by atoms with Gasteiger partial charge in [-0.1, -0.05) is 47.5 Å². The lowest BCUT2D eigenvalue weighted by Crippen LogP contribution is -2.29. The van der Waals surface area contributed by atoms with Crippen LogP contribution in [0.5, 0.6) is 0 Å². The summed E-state index contributed by atoms with van der Waals surface area (Å²) in [6.45, 7) is 0.423. The minimum Gasteiger partial charge on any atom is -0.311 e. The van der Waals surface area contributed by atoms with E-state index in [4.69, 9.17) is 23.2 Å². The minimum absolute atomic E-state index is 0.00836. The summed E-state index contributed by atoms with van der Waals surface area (Å²) in [7, 11) is 0. The van der Waals surface area contributed by atoms with Crippen molar-refractivity contribution in [3.8, 4) is 0 Å². The van der Waals surface area contributed by atoms with Gasteiger partial charge in [0, 0.05) is 19.0 Å². The number of carbonyl (C=O) groups is 2. The van der Waals surface area contributed by atoms with Gasteiger partial charge in [0.05, 0.1) is 34.4 Å². The first-order valence-electron chi connectivity index (χ1n) is 9.24. The molecule has 1 atom stereocenters. The Bertz CT molecular complexity index is 1120. The first kappa shape index (κ1) is 20.4. The molecule has 0 bridgehead atoms. The molecule has 1 aliphatic rings. The molecule has 4 rings (SSSR count). The van der Waals surface area contributed by atoms with Gasteiger partial charge in [-0.05, 0) is 23.8 Å². The van der Waals surface area contributed by atoms with Crippen molar-refractivity contribution in [1.82, 2.24) is 9.78 Å². The molecule has 0 radical (unpaired) electrons. The molecule has 2 heterocycles. The first-order valence-corrected chi connectivity index (χ1v) is 10.00. The number of benzene rings is 2. The zero-order valence-corrected chi connectivity index (χ0v) is 17.2. The van der Waals surface area contributed by atoms with Crippen LogP contribution in [0.3, 0.4) is 0 Å². The van der Waals surface area contributed by atoms with Gasteiger partial charge in [0.2, 0.25) is 11.8 Å². The highest BCUT2D eigenvalue weighted by molar-refractivity contribution is 6.42. The molecule has 1 saturated heterocycles. The van der Waals surface area contributed by atoms with Gasteiger partial charge in [0.1, 0.15) is 11.6 Å². The molecule has 0 spiro atoms. The molecule has 1 unspecified atom stereocenters. The van der Waals surface area contributed by atoms with E-state index in [2.05, 4.69) is 10.4 Å². The van der Waals surface area contributed by atoms with Gasteiger partial charge in [-0.3, -0.25) is 9.59 Å². The van der Waals surface area contributed by atoms with Gasteiger partial charge < -0.3 is 10.2 Å². The maximum atomic E-state index is 14.0. The third-order valence-electron chi connectivity index (χ3n) is 4.96. The van der Waals surface area contributed by atoms with E-state index in [-0.39, 0.29) is 30.5 Å². The molecule has 30 heavy (non-hydrogen) atoms. The third-order valence-corrected chi connectivity index (χ3v) is 5.82. The highest BCUT2D eigenvalue weighted by atomic mass is 35.5. The lowest BCUT2D eigenvalue weighted by molar-refractivity contribution is -0.122. The number of carbonyl (C=O) groups excluding carboxylic acids is 2. The molecule has 1 aliphatic heterocycles. The van der Waals surface area contributed by atoms with Crippen LogP contribution in [0, 0.1) is 11.7 Å². The van der Waals surface area contributed by atoms with Crippen LogP contribution in [0.25, 0.3) is 0 Å². The van der Waals surface area contributed by atoms with Gasteiger partial charge >= 0.3 is 0 Å². The van der Waals surface area contributed by atoms with Gasteiger partial charge in [-0.15, -0.1) is 0 Å². The van der Waals surface area contributed by atoms with Crippen LogP contribution in [0.2, 0.25) is 10.0 Å². The first-order chi connectivity index (χ1) is 14.4. The number of hydrogen-bond acceptors (Lipinski definition) is 3. The molecule has 3 aromatic rings. The lowest BCUT2D eigenvalue weighted by atomic mass is 10.1. The normalized spacial score (nSPS) is 16.2. The van der Waals surface area contributed by atoms with E-state index in [0.29, 0.717) is 22.4 Å². The van der Waals surface area contributed by atoms with Crippen LogP contribution in [-0.2, 0) is 16.1 Å². The van der Waals surface area contributed by atoms with Crippen molar-refractivity contribution in [3.63, 3.8) is 0 Å². The van der Waals surface area contributed by atoms with Crippen LogP contribution < -0.4 is 10.2 Å². The molecule has 1 fully saturated rings. The Morgan fingerprint density at radius 2 is 1.97 bits per heavy atom. The molecule has 1 aromatic heterocycles. The van der Waals surface area contributed by atoms with Crippen molar-refractivity contribution in [2.75, 3.05) is 16.8 Å². The second kappa shape index (κ2) is 8.45. The second-order valence-corrected chi connectivity index (χ2v) is 7.72. The molecule has 9 heteroatoms. The molecular weight excluding hydrogens is 430 g/mol. The summed E-state index contributed by atoms with van der Waals surface area (Å²) < 4.78 is 15.6. The van der Waals surface area contributed by atoms with Crippen LogP contribution in [-0.4, -0.2) is 28.1 Å². The number of amides is 2. The van der Waals surface area contributed by atoms with Crippen molar-refractivity contribution in [3.05, 3.63) is 76.2 Å². The van der Waals surface area contributed by atoms with Crippen molar-refractivity contribution in [2.24, 2.45) is 5.92 Å². The van der Waals surface area contributed by atoms with Crippen LogP contribution >= 0.6 is 23.2 Å². The van der Waals surface area contributed by atoms with E-state index in [1.54, 1.807) is 41.2 Å². The SMILES string of the molecule is O=C(Nc1ccnn1Cc1cccc(Cl)c1Cl)C1CC(=O)N(c2ccccc2F)C1. The van der Waals surface area contributed by atoms with E-state index in [1.165, 1.54) is 17.0 Å². The molecule has 154 valence electrons. The molecule has 1 N–H and O–H groups in total. The maximum Gasteiger partial charge on any atom is 0.230 e. The van der Waals surface area contributed by atoms with E-state index >= 15 is 0 Å². The number of nitrogens with one attached hydrogen (secondary N) is 1. The summed E-state index contributed by atoms with van der Waals surface area (Å²) in [5.74, 6) is -1.26. The van der Waals surface area contributed by atoms with Crippen molar-refractivity contribution in [1.29, 1.82) is 0 Å². The Labute approximate surface area is 182 Å².